The van der Waals surface area contributed by atoms with E-state index in [1.807, 2.05) is 6.21 Å². The maximum atomic E-state index is 10.4. The van der Waals surface area contributed by atoms with Gasteiger partial charge < -0.3 is 9.84 Å². The van der Waals surface area contributed by atoms with Gasteiger partial charge in [0.2, 0.25) is 0 Å². The number of methoxy groups -OCH3 is 1. The van der Waals surface area contributed by atoms with E-state index in [4.69, 9.17) is 21.3 Å². The lowest BCUT2D eigenvalue weighted by atomic mass is 9.92. The molecule has 0 aromatic carbocycles. The molecule has 2 aliphatic carbocycles. The molecule has 0 amide bonds. The Morgan fingerprint density at radius 1 is 1.24 bits per heavy atom. The molecular weight excluding hydrogens is 386 g/mol. The number of nitrogens with one attached hydrogen (secondary N) is 1. The fourth-order valence-electron chi connectivity index (χ4n) is 4.42. The van der Waals surface area contributed by atoms with E-state index < -0.39 is 0 Å². The van der Waals surface area contributed by atoms with E-state index in [2.05, 4.69) is 34.6 Å². The Bertz CT molecular complexity index is 911. The number of allylic oxidation sites excluding steroid dienone is 1. The summed E-state index contributed by atoms with van der Waals surface area (Å²) in [5, 5.41) is 16.1. The van der Waals surface area contributed by atoms with Crippen LogP contribution in [0.15, 0.2) is 22.7 Å². The van der Waals surface area contributed by atoms with Crippen LogP contribution in [-0.4, -0.2) is 41.1 Å². The number of aromatic nitrogens is 1. The molecule has 1 aromatic heterocycles. The van der Waals surface area contributed by atoms with Gasteiger partial charge in [0.1, 0.15) is 5.50 Å². The van der Waals surface area contributed by atoms with Crippen LogP contribution in [0.1, 0.15) is 62.4 Å². The number of ether oxygens (including phenoxy) is 1. The Morgan fingerprint density at radius 2 is 2.07 bits per heavy atom. The van der Waals surface area contributed by atoms with Crippen LogP contribution in [0.3, 0.4) is 0 Å². The van der Waals surface area contributed by atoms with E-state index in [0.29, 0.717) is 0 Å². The zero-order chi connectivity index (χ0) is 20.2. The highest BCUT2D eigenvalue weighted by molar-refractivity contribution is 6.21. The molecule has 156 valence electrons. The maximum absolute atomic E-state index is 10.4. The van der Waals surface area contributed by atoms with E-state index in [1.165, 1.54) is 16.4 Å². The predicted octanol–water partition coefficient (Wildman–Crippen LogP) is 2.48. The number of dihydropyridines is 1. The second-order valence-electron chi connectivity index (χ2n) is 8.14. The Morgan fingerprint density at radius 3 is 2.83 bits per heavy atom. The quantitative estimate of drug-likeness (QED) is 0.425. The molecule has 3 aliphatic rings. The van der Waals surface area contributed by atoms with Gasteiger partial charge in [0.15, 0.2) is 6.23 Å². The minimum atomic E-state index is -0.339. The van der Waals surface area contributed by atoms with Crippen LogP contribution in [0, 0.1) is 0 Å². The highest BCUT2D eigenvalue weighted by Crippen LogP contribution is 2.22. The first kappa shape index (κ1) is 20.7. The van der Waals surface area contributed by atoms with Crippen molar-refractivity contribution in [3.63, 3.8) is 0 Å². The maximum Gasteiger partial charge on any atom is 0.151 e. The fourth-order valence-corrected chi connectivity index (χ4v) is 4.57. The van der Waals surface area contributed by atoms with E-state index in [9.17, 15) is 5.11 Å². The van der Waals surface area contributed by atoms with Gasteiger partial charge in [-0.15, -0.1) is 0 Å². The zero-order valence-corrected chi connectivity index (χ0v) is 17.7. The summed E-state index contributed by atoms with van der Waals surface area (Å²) in [7, 11) is 1.69. The largest absolute Gasteiger partial charge is 0.392 e. The minimum absolute atomic E-state index is 0.0411. The average molecular weight is 416 g/mol. The van der Waals surface area contributed by atoms with Crippen molar-refractivity contribution in [3.05, 3.63) is 39.5 Å². The standard InChI is InChI=1S/C23H30ClN3O2/c1-29-23(27-19-8-4-5-9-21(19)28)20-13-16(12-15-10-11-22(24)25-14-15)17-6-2-3-7-18(17)26-20/h6-7,10,13-14,19,21-23,27-28H,2-5,8-9,11-12H2,1H3. The lowest BCUT2D eigenvalue weighted by Gasteiger charge is -2.31. The van der Waals surface area contributed by atoms with Crippen molar-refractivity contribution in [3.8, 4) is 0 Å². The van der Waals surface area contributed by atoms with Crippen molar-refractivity contribution in [2.75, 3.05) is 7.11 Å². The van der Waals surface area contributed by atoms with Gasteiger partial charge in [0, 0.05) is 25.8 Å². The molecule has 5 nitrogen and oxygen atoms in total. The van der Waals surface area contributed by atoms with Crippen molar-refractivity contribution < 1.29 is 9.84 Å². The third-order valence-electron chi connectivity index (χ3n) is 6.02. The number of fused-ring (bicyclic) bond motifs is 1. The van der Waals surface area contributed by atoms with Crippen molar-refractivity contribution >= 4 is 30.0 Å². The number of aliphatic hydroxyl groups is 1. The summed E-state index contributed by atoms with van der Waals surface area (Å²) in [5.41, 5.74) is 3.14. The van der Waals surface area contributed by atoms with Gasteiger partial charge >= 0.3 is 0 Å². The molecule has 2 heterocycles. The molecular formula is C23H30ClN3O2. The number of nitrogens with zero attached hydrogens (tertiary/aromatic N) is 2. The van der Waals surface area contributed by atoms with Gasteiger partial charge in [0.25, 0.3) is 0 Å². The number of aliphatic hydroxyl groups excluding tert-OH is 1. The predicted molar refractivity (Wildman–Crippen MR) is 117 cm³/mol. The molecule has 29 heavy (non-hydrogen) atoms. The van der Waals surface area contributed by atoms with Crippen molar-refractivity contribution in [1.82, 2.24) is 10.3 Å². The van der Waals surface area contributed by atoms with E-state index in [-0.39, 0.29) is 23.9 Å². The number of halogens is 1. The normalized spacial score (nSPS) is 27.4. The number of hydrogen-bond acceptors (Lipinski definition) is 5. The first-order valence-corrected chi connectivity index (χ1v) is 11.1. The molecule has 4 rings (SSSR count). The average Bonchev–Trinajstić information content (AvgIpc) is 2.74. The van der Waals surface area contributed by atoms with Crippen LogP contribution >= 0.6 is 11.6 Å². The summed E-state index contributed by atoms with van der Waals surface area (Å²) in [6, 6.07) is 2.19. The summed E-state index contributed by atoms with van der Waals surface area (Å²) in [6.07, 6.45) is 15.5. The molecule has 1 aliphatic heterocycles. The SMILES string of the molecule is COC(NC1CCCCC1O)c1cc(CC2=CCC(Cl)N=C2)c2c(n1)=CCCC=2. The van der Waals surface area contributed by atoms with Crippen LogP contribution in [0.5, 0.6) is 0 Å². The lowest BCUT2D eigenvalue weighted by molar-refractivity contribution is 0.0159. The molecule has 0 radical (unpaired) electrons. The van der Waals surface area contributed by atoms with Crippen molar-refractivity contribution in [1.29, 1.82) is 0 Å². The van der Waals surface area contributed by atoms with Crippen LogP contribution in [-0.2, 0) is 11.2 Å². The molecule has 1 fully saturated rings. The zero-order valence-electron chi connectivity index (χ0n) is 17.0. The lowest BCUT2D eigenvalue weighted by Crippen LogP contribution is -2.45. The molecule has 1 aromatic rings. The Labute approximate surface area is 177 Å². The first-order chi connectivity index (χ1) is 14.1. The van der Waals surface area contributed by atoms with E-state index in [1.54, 1.807) is 7.11 Å². The monoisotopic (exact) mass is 415 g/mol. The number of pyridine rings is 1. The van der Waals surface area contributed by atoms with Crippen LogP contribution in [0.2, 0.25) is 0 Å². The molecule has 1 saturated carbocycles. The highest BCUT2D eigenvalue weighted by Gasteiger charge is 2.27. The first-order valence-electron chi connectivity index (χ1n) is 10.7. The number of rotatable bonds is 6. The molecule has 2 N–H and O–H groups in total. The molecule has 0 bridgehead atoms. The molecule has 0 saturated heterocycles. The van der Waals surface area contributed by atoms with Crippen molar-refractivity contribution in [2.24, 2.45) is 4.99 Å². The van der Waals surface area contributed by atoms with Gasteiger partial charge in [0.05, 0.1) is 17.1 Å². The smallest absolute Gasteiger partial charge is 0.151 e. The summed E-state index contributed by atoms with van der Waals surface area (Å²) in [5.74, 6) is 0. The third kappa shape index (κ3) is 4.97. The topological polar surface area (TPSA) is 66.7 Å². The van der Waals surface area contributed by atoms with Gasteiger partial charge in [-0.25, -0.2) is 4.98 Å². The molecule has 4 unspecified atom stereocenters. The number of hydrogen-bond donors (Lipinski definition) is 2. The van der Waals surface area contributed by atoms with Gasteiger partial charge in [-0.1, -0.05) is 42.7 Å². The Hall–Kier alpha value is -1.53. The van der Waals surface area contributed by atoms with E-state index >= 15 is 0 Å². The van der Waals surface area contributed by atoms with Crippen LogP contribution < -0.4 is 15.9 Å². The molecule has 4 atom stereocenters. The van der Waals surface area contributed by atoms with E-state index in [0.717, 1.165) is 62.4 Å². The summed E-state index contributed by atoms with van der Waals surface area (Å²) in [4.78, 5) is 9.26. The fraction of sp³-hybridized carbons (Fsp3) is 0.565. The highest BCUT2D eigenvalue weighted by atomic mass is 35.5. The summed E-state index contributed by atoms with van der Waals surface area (Å²) < 4.78 is 5.77. The van der Waals surface area contributed by atoms with Gasteiger partial charge in [-0.2, -0.15) is 0 Å². The number of aliphatic imine (C=N–C) groups is 1. The minimum Gasteiger partial charge on any atom is -0.392 e. The van der Waals surface area contributed by atoms with Gasteiger partial charge in [-0.3, -0.25) is 10.3 Å². The Balaban J connectivity index is 1.64. The van der Waals surface area contributed by atoms with Crippen LogP contribution in [0.25, 0.3) is 12.2 Å². The van der Waals surface area contributed by atoms with Crippen LogP contribution in [0.4, 0.5) is 0 Å². The molecule has 0 spiro atoms. The third-order valence-corrected chi connectivity index (χ3v) is 6.31. The second-order valence-corrected chi connectivity index (χ2v) is 8.64. The summed E-state index contributed by atoms with van der Waals surface area (Å²) >= 11 is 6.08. The van der Waals surface area contributed by atoms with Gasteiger partial charge in [-0.05, 0) is 54.5 Å². The number of alkyl halides is 1. The summed E-state index contributed by atoms with van der Waals surface area (Å²) in [6.45, 7) is 0. The second kappa shape index (κ2) is 9.52. The van der Waals surface area contributed by atoms with Crippen molar-refractivity contribution in [2.45, 2.75) is 75.2 Å². The molecule has 6 heteroatoms. The Kier molecular flexibility index (Phi) is 6.81.